The van der Waals surface area contributed by atoms with E-state index in [1.807, 2.05) is 11.3 Å². The molecule has 22 heavy (non-hydrogen) atoms. The van der Waals surface area contributed by atoms with Gasteiger partial charge in [-0.3, -0.25) is 4.79 Å². The summed E-state index contributed by atoms with van der Waals surface area (Å²) >= 11 is 1.82. The van der Waals surface area contributed by atoms with E-state index in [4.69, 9.17) is 0 Å². The van der Waals surface area contributed by atoms with Gasteiger partial charge >= 0.3 is 0 Å². The summed E-state index contributed by atoms with van der Waals surface area (Å²) in [6.07, 6.45) is 8.89. The molecule has 1 heterocycles. The fraction of sp³-hybridized carbons (Fsp3) is 0.722. The maximum absolute atomic E-state index is 12.5. The standard InChI is InChI=1S/C18H26N2OS/c1-11-14(18(21)20-13-4-2-3-5-13)9-17(22-11)15-8-16(15)19-10-12-6-7-12/h9,12-13,15-16,19H,2-8,10H2,1H3,(H,20,21). The van der Waals surface area contributed by atoms with Gasteiger partial charge in [0.05, 0.1) is 5.56 Å². The molecule has 0 radical (unpaired) electrons. The molecule has 0 aliphatic heterocycles. The Labute approximate surface area is 136 Å². The smallest absolute Gasteiger partial charge is 0.252 e. The number of hydrogen-bond acceptors (Lipinski definition) is 3. The molecule has 3 fully saturated rings. The molecule has 4 heteroatoms. The van der Waals surface area contributed by atoms with E-state index in [2.05, 4.69) is 23.6 Å². The first-order valence-corrected chi connectivity index (χ1v) is 9.67. The van der Waals surface area contributed by atoms with Crippen LogP contribution in [0.15, 0.2) is 6.07 Å². The van der Waals surface area contributed by atoms with Crippen molar-refractivity contribution >= 4 is 17.2 Å². The third-order valence-electron chi connectivity index (χ3n) is 5.39. The van der Waals surface area contributed by atoms with Crippen molar-refractivity contribution in [2.45, 2.75) is 69.9 Å². The second kappa shape index (κ2) is 5.97. The summed E-state index contributed by atoms with van der Waals surface area (Å²) in [7, 11) is 0. The molecule has 4 rings (SSSR count). The zero-order valence-corrected chi connectivity index (χ0v) is 14.2. The minimum absolute atomic E-state index is 0.148. The van der Waals surface area contributed by atoms with Crippen molar-refractivity contribution in [3.05, 3.63) is 21.4 Å². The predicted octanol–water partition coefficient (Wildman–Crippen LogP) is 3.58. The van der Waals surface area contributed by atoms with Gasteiger partial charge in [0, 0.05) is 27.8 Å². The Morgan fingerprint density at radius 3 is 2.77 bits per heavy atom. The molecule has 0 aromatic carbocycles. The molecule has 1 aromatic heterocycles. The van der Waals surface area contributed by atoms with E-state index in [0.717, 1.165) is 24.3 Å². The summed E-state index contributed by atoms with van der Waals surface area (Å²) in [5.74, 6) is 1.74. The van der Waals surface area contributed by atoms with Crippen LogP contribution in [0.25, 0.3) is 0 Å². The lowest BCUT2D eigenvalue weighted by Gasteiger charge is -2.11. The summed E-state index contributed by atoms with van der Waals surface area (Å²) in [4.78, 5) is 15.0. The number of nitrogens with one attached hydrogen (secondary N) is 2. The van der Waals surface area contributed by atoms with Crippen molar-refractivity contribution in [3.8, 4) is 0 Å². The molecule has 2 atom stereocenters. The van der Waals surface area contributed by atoms with Gasteiger partial charge in [-0.15, -0.1) is 11.3 Å². The average Bonchev–Trinajstić information content (AvgIpc) is 3.38. The first kappa shape index (κ1) is 14.7. The van der Waals surface area contributed by atoms with Crippen molar-refractivity contribution in [1.82, 2.24) is 10.6 Å². The Kier molecular flexibility index (Phi) is 3.99. The Bertz CT molecular complexity index is 557. The van der Waals surface area contributed by atoms with Crippen molar-refractivity contribution in [3.63, 3.8) is 0 Å². The summed E-state index contributed by atoms with van der Waals surface area (Å²) in [6.45, 7) is 3.29. The minimum atomic E-state index is 0.148. The van der Waals surface area contributed by atoms with Gasteiger partial charge in [-0.1, -0.05) is 12.8 Å². The summed E-state index contributed by atoms with van der Waals surface area (Å²) in [6, 6.07) is 3.22. The minimum Gasteiger partial charge on any atom is -0.349 e. The molecule has 2 unspecified atom stereocenters. The third-order valence-corrected chi connectivity index (χ3v) is 6.58. The van der Waals surface area contributed by atoms with Gasteiger partial charge in [0.1, 0.15) is 0 Å². The fourth-order valence-corrected chi connectivity index (χ4v) is 4.83. The normalized spacial score (nSPS) is 28.0. The number of carbonyl (C=O) groups excluding carboxylic acids is 1. The number of hydrogen-bond donors (Lipinski definition) is 2. The highest BCUT2D eigenvalue weighted by atomic mass is 32.1. The van der Waals surface area contributed by atoms with E-state index in [-0.39, 0.29) is 5.91 Å². The van der Waals surface area contributed by atoms with Gasteiger partial charge in [0.25, 0.3) is 5.91 Å². The van der Waals surface area contributed by atoms with E-state index in [1.54, 1.807) is 0 Å². The quantitative estimate of drug-likeness (QED) is 0.841. The van der Waals surface area contributed by atoms with E-state index < -0.39 is 0 Å². The highest BCUT2D eigenvalue weighted by Crippen LogP contribution is 2.45. The molecular formula is C18H26N2OS. The van der Waals surface area contributed by atoms with E-state index in [1.165, 1.54) is 48.4 Å². The molecule has 3 nitrogen and oxygen atoms in total. The lowest BCUT2D eigenvalue weighted by Crippen LogP contribution is -2.32. The molecule has 0 saturated heterocycles. The highest BCUT2D eigenvalue weighted by Gasteiger charge is 2.40. The van der Waals surface area contributed by atoms with Crippen LogP contribution < -0.4 is 10.6 Å². The number of rotatable bonds is 6. The monoisotopic (exact) mass is 318 g/mol. The van der Waals surface area contributed by atoms with Gasteiger partial charge in [-0.25, -0.2) is 0 Å². The predicted molar refractivity (Wildman–Crippen MR) is 90.7 cm³/mol. The van der Waals surface area contributed by atoms with Crippen molar-refractivity contribution in [1.29, 1.82) is 0 Å². The highest BCUT2D eigenvalue weighted by molar-refractivity contribution is 7.12. The van der Waals surface area contributed by atoms with Crippen LogP contribution in [0.3, 0.4) is 0 Å². The third kappa shape index (κ3) is 3.23. The van der Waals surface area contributed by atoms with E-state index in [0.29, 0.717) is 18.0 Å². The van der Waals surface area contributed by atoms with E-state index >= 15 is 0 Å². The van der Waals surface area contributed by atoms with Crippen LogP contribution in [-0.2, 0) is 0 Å². The van der Waals surface area contributed by atoms with E-state index in [9.17, 15) is 4.79 Å². The van der Waals surface area contributed by atoms with Gasteiger partial charge in [-0.2, -0.15) is 0 Å². The summed E-state index contributed by atoms with van der Waals surface area (Å²) < 4.78 is 0. The first-order chi connectivity index (χ1) is 10.7. The van der Waals surface area contributed by atoms with Crippen molar-refractivity contribution in [2.24, 2.45) is 5.92 Å². The topological polar surface area (TPSA) is 41.1 Å². The van der Waals surface area contributed by atoms with Gasteiger partial charge in [0.15, 0.2) is 0 Å². The van der Waals surface area contributed by atoms with Crippen LogP contribution >= 0.6 is 11.3 Å². The second-order valence-electron chi connectivity index (χ2n) is 7.37. The molecular weight excluding hydrogens is 292 g/mol. The molecule has 3 aliphatic rings. The molecule has 3 saturated carbocycles. The Morgan fingerprint density at radius 1 is 1.27 bits per heavy atom. The molecule has 120 valence electrons. The molecule has 1 aromatic rings. The summed E-state index contributed by atoms with van der Waals surface area (Å²) in [5.41, 5.74) is 0.916. The average molecular weight is 318 g/mol. The lowest BCUT2D eigenvalue weighted by atomic mass is 10.2. The van der Waals surface area contributed by atoms with Crippen molar-refractivity contribution < 1.29 is 4.79 Å². The van der Waals surface area contributed by atoms with Crippen LogP contribution in [-0.4, -0.2) is 24.5 Å². The first-order valence-electron chi connectivity index (χ1n) is 8.85. The maximum atomic E-state index is 12.5. The van der Waals surface area contributed by atoms with Crippen LogP contribution in [0.5, 0.6) is 0 Å². The molecule has 0 spiro atoms. The number of carbonyl (C=O) groups is 1. The maximum Gasteiger partial charge on any atom is 0.252 e. The van der Waals surface area contributed by atoms with Crippen LogP contribution in [0.2, 0.25) is 0 Å². The Morgan fingerprint density at radius 2 is 2.05 bits per heavy atom. The summed E-state index contributed by atoms with van der Waals surface area (Å²) in [5, 5.41) is 6.91. The van der Waals surface area contributed by atoms with Crippen LogP contribution in [0.4, 0.5) is 0 Å². The molecule has 0 bridgehead atoms. The number of aryl methyl sites for hydroxylation is 1. The lowest BCUT2D eigenvalue weighted by molar-refractivity contribution is 0.0937. The van der Waals surface area contributed by atoms with Crippen LogP contribution in [0, 0.1) is 12.8 Å². The molecule has 1 amide bonds. The SMILES string of the molecule is Cc1sc(C2CC2NCC2CC2)cc1C(=O)NC1CCCC1. The largest absolute Gasteiger partial charge is 0.349 e. The molecule has 2 N–H and O–H groups in total. The van der Waals surface area contributed by atoms with Crippen LogP contribution in [0.1, 0.15) is 71.0 Å². The Balaban J connectivity index is 1.35. The second-order valence-corrected chi connectivity index (χ2v) is 8.66. The Hall–Kier alpha value is -0.870. The number of amides is 1. The van der Waals surface area contributed by atoms with Gasteiger partial charge in [-0.05, 0) is 57.6 Å². The number of thiophene rings is 1. The molecule has 3 aliphatic carbocycles. The zero-order valence-electron chi connectivity index (χ0n) is 13.4. The fourth-order valence-electron chi connectivity index (χ4n) is 3.62. The van der Waals surface area contributed by atoms with Gasteiger partial charge in [0.2, 0.25) is 0 Å². The van der Waals surface area contributed by atoms with Crippen molar-refractivity contribution in [2.75, 3.05) is 6.54 Å². The zero-order chi connectivity index (χ0) is 15.1. The van der Waals surface area contributed by atoms with Gasteiger partial charge < -0.3 is 10.6 Å².